The fourth-order valence-electron chi connectivity index (χ4n) is 8.84. The van der Waals surface area contributed by atoms with Gasteiger partial charge in [0.05, 0.1) is 19.0 Å². The summed E-state index contributed by atoms with van der Waals surface area (Å²) in [6.07, 6.45) is 7.27. The Morgan fingerprint density at radius 1 is 0.969 bits per heavy atom. The van der Waals surface area contributed by atoms with Crippen molar-refractivity contribution in [2.75, 3.05) is 69.8 Å². The molecule has 4 amide bonds. The maximum absolute atomic E-state index is 15.1. The molecule has 2 aromatic carbocycles. The van der Waals surface area contributed by atoms with Crippen molar-refractivity contribution in [2.45, 2.75) is 94.3 Å². The summed E-state index contributed by atoms with van der Waals surface area (Å²) in [5.41, 5.74) is 0.121. The molecule has 64 heavy (non-hydrogen) atoms. The molecular weight excluding hydrogens is 881 g/mol. The van der Waals surface area contributed by atoms with Gasteiger partial charge in [-0.1, -0.05) is 35.3 Å². The number of benzene rings is 2. The molecule has 0 radical (unpaired) electrons. The number of thioether (sulfide) groups is 1. The maximum atomic E-state index is 15.1. The minimum absolute atomic E-state index is 0.0399. The number of rotatable bonds is 17. The Bertz CT molecular complexity index is 2150. The molecular formula is C46H60Cl2FN9O5S. The highest BCUT2D eigenvalue weighted by molar-refractivity contribution is 8.00. The molecule has 4 aliphatic rings. The molecule has 3 aromatic rings. The Balaban J connectivity index is 0.873. The fourth-order valence-corrected chi connectivity index (χ4v) is 10.5. The number of halogens is 3. The summed E-state index contributed by atoms with van der Waals surface area (Å²) in [6.45, 7) is 8.45. The number of nitrogens with one attached hydrogen (secondary N) is 4. The van der Waals surface area contributed by atoms with Crippen LogP contribution in [-0.4, -0.2) is 130 Å². The number of hydrogen-bond acceptors (Lipinski definition) is 11. The number of nitrogens with zero attached hydrogens (tertiary/aromatic N) is 5. The van der Waals surface area contributed by atoms with E-state index >= 15 is 4.39 Å². The quantitative estimate of drug-likeness (QED) is 0.111. The van der Waals surface area contributed by atoms with Gasteiger partial charge < -0.3 is 35.8 Å². The molecule has 7 rings (SSSR count). The molecule has 4 N–H and O–H groups in total. The normalized spacial score (nSPS) is 21.5. The van der Waals surface area contributed by atoms with Crippen LogP contribution in [0.1, 0.15) is 81.1 Å². The number of carbonyl (C=O) groups excluding carboxylic acids is 4. The first-order valence-electron chi connectivity index (χ1n) is 22.3. The van der Waals surface area contributed by atoms with Gasteiger partial charge in [0.15, 0.2) is 5.67 Å². The molecule has 4 fully saturated rings. The van der Waals surface area contributed by atoms with Crippen molar-refractivity contribution in [3.8, 4) is 5.75 Å². The predicted octanol–water partition coefficient (Wildman–Crippen LogP) is 6.95. The molecule has 3 heterocycles. The zero-order chi connectivity index (χ0) is 45.6. The van der Waals surface area contributed by atoms with Gasteiger partial charge in [0.2, 0.25) is 17.8 Å². The number of anilines is 3. The molecule has 2 aliphatic carbocycles. The van der Waals surface area contributed by atoms with E-state index in [1.807, 2.05) is 30.9 Å². The van der Waals surface area contributed by atoms with Crippen molar-refractivity contribution in [3.63, 3.8) is 0 Å². The summed E-state index contributed by atoms with van der Waals surface area (Å²) in [7, 11) is 3.28. The highest BCUT2D eigenvalue weighted by Crippen LogP contribution is 2.42. The molecule has 2 aliphatic heterocycles. The average molecular weight is 941 g/mol. The molecule has 18 heteroatoms. The third-order valence-corrected chi connectivity index (χ3v) is 15.2. The standard InChI is InChI=1S/C46H60Cl2FN9O5S/c1-45(2,38(54-43(62)46(49)17-18-46)42(61)58-19-5-6-36(58)40(59)51-25-29-11-14-33(47)15-12-29)64-28-31-9-7-30(8-10-31)27-56-20-22-57(23-21-56)41(60)32-13-16-35(37(24-32)63-4)53-44-52-26-34(48)39(50-3)55-44/h11-16,24,26,30-31,36,38H,5-10,17-23,25,27-28H2,1-4H3,(H,51,59)(H,54,62)(H2,50,52,53,55)/t30?,31?,36?,38-/m1/s1. The van der Waals surface area contributed by atoms with Gasteiger partial charge in [0, 0.05) is 68.2 Å². The van der Waals surface area contributed by atoms with Gasteiger partial charge >= 0.3 is 0 Å². The van der Waals surface area contributed by atoms with Crippen molar-refractivity contribution in [1.29, 1.82) is 0 Å². The summed E-state index contributed by atoms with van der Waals surface area (Å²) in [6, 6.07) is 10.9. The molecule has 346 valence electrons. The Labute approximate surface area is 389 Å². The molecule has 2 atom stereocenters. The van der Waals surface area contributed by atoms with Crippen molar-refractivity contribution in [3.05, 3.63) is 69.8 Å². The lowest BCUT2D eigenvalue weighted by molar-refractivity contribution is -0.143. The lowest BCUT2D eigenvalue weighted by atomic mass is 9.82. The van der Waals surface area contributed by atoms with E-state index in [-0.39, 0.29) is 30.6 Å². The second-order valence-corrected chi connectivity index (χ2v) is 20.5. The van der Waals surface area contributed by atoms with E-state index in [1.54, 1.807) is 61.2 Å². The maximum Gasteiger partial charge on any atom is 0.258 e. The van der Waals surface area contributed by atoms with E-state index in [9.17, 15) is 19.2 Å². The SMILES string of the molecule is CNc1nc(Nc2ccc(C(=O)N3CCN(CC4CCC(CSC(C)(C)[C@H](NC(=O)C5(F)CC5)C(=O)N5CCCC5C(=O)NCc5ccc(Cl)cc5)CC4)CC3)cc2OC)ncc1Cl. The molecule has 2 saturated carbocycles. The van der Waals surface area contributed by atoms with Crippen LogP contribution in [0.25, 0.3) is 0 Å². The summed E-state index contributed by atoms with van der Waals surface area (Å²) < 4.78 is 19.9. The van der Waals surface area contributed by atoms with Crippen LogP contribution in [0.3, 0.4) is 0 Å². The second-order valence-electron chi connectivity index (χ2n) is 18.0. The van der Waals surface area contributed by atoms with Gasteiger partial charge in [-0.05, 0) is 119 Å². The van der Waals surface area contributed by atoms with E-state index in [1.165, 1.54) is 6.20 Å². The number of aromatic nitrogens is 2. The first kappa shape index (κ1) is 47.6. The number of methoxy groups -OCH3 is 1. The summed E-state index contributed by atoms with van der Waals surface area (Å²) in [4.78, 5) is 69.1. The summed E-state index contributed by atoms with van der Waals surface area (Å²) >= 11 is 13.8. The van der Waals surface area contributed by atoms with Gasteiger partial charge in [-0.3, -0.25) is 24.1 Å². The van der Waals surface area contributed by atoms with E-state index in [0.29, 0.717) is 89.7 Å². The smallest absolute Gasteiger partial charge is 0.258 e. The lowest BCUT2D eigenvalue weighted by Crippen LogP contribution is -2.61. The average Bonchev–Trinajstić information content (AvgIpc) is 3.86. The van der Waals surface area contributed by atoms with Crippen LogP contribution in [0, 0.1) is 11.8 Å². The van der Waals surface area contributed by atoms with Crippen LogP contribution in [0.4, 0.5) is 21.8 Å². The molecule has 1 aromatic heterocycles. The monoisotopic (exact) mass is 939 g/mol. The van der Waals surface area contributed by atoms with Crippen LogP contribution in [0.15, 0.2) is 48.7 Å². The van der Waals surface area contributed by atoms with Crippen LogP contribution in [-0.2, 0) is 20.9 Å². The number of carbonyl (C=O) groups is 4. The van der Waals surface area contributed by atoms with Gasteiger partial charge in [-0.15, -0.1) is 0 Å². The Morgan fingerprint density at radius 3 is 2.34 bits per heavy atom. The van der Waals surface area contributed by atoms with Gasteiger partial charge in [-0.25, -0.2) is 9.37 Å². The van der Waals surface area contributed by atoms with E-state index < -0.39 is 28.4 Å². The number of ether oxygens (including phenoxy) is 1. The second kappa shape index (κ2) is 20.8. The number of alkyl halides is 1. The minimum atomic E-state index is -1.94. The van der Waals surface area contributed by atoms with Crippen LogP contribution in [0.2, 0.25) is 10.0 Å². The number of piperazine rings is 1. The van der Waals surface area contributed by atoms with E-state index in [4.69, 9.17) is 27.9 Å². The van der Waals surface area contributed by atoms with Crippen LogP contribution in [0.5, 0.6) is 5.75 Å². The number of likely N-dealkylation sites (tertiary alicyclic amines) is 1. The predicted molar refractivity (Wildman–Crippen MR) is 250 cm³/mol. The molecule has 1 unspecified atom stereocenters. The summed E-state index contributed by atoms with van der Waals surface area (Å²) in [5.74, 6) is 1.76. The Hall–Kier alpha value is -4.38. The van der Waals surface area contributed by atoms with Crippen molar-refractivity contribution >= 4 is 76.0 Å². The Kier molecular flexibility index (Phi) is 15.5. The third kappa shape index (κ3) is 11.7. The molecule has 2 saturated heterocycles. The van der Waals surface area contributed by atoms with Crippen molar-refractivity contribution in [1.82, 2.24) is 35.3 Å². The molecule has 0 spiro atoms. The highest BCUT2D eigenvalue weighted by atomic mass is 35.5. The molecule has 0 bridgehead atoms. The van der Waals surface area contributed by atoms with Gasteiger partial charge in [-0.2, -0.15) is 16.7 Å². The van der Waals surface area contributed by atoms with Crippen LogP contribution >= 0.6 is 35.0 Å². The first-order chi connectivity index (χ1) is 30.7. The topological polar surface area (TPSA) is 161 Å². The first-order valence-corrected chi connectivity index (χ1v) is 24.0. The zero-order valence-electron chi connectivity index (χ0n) is 37.1. The van der Waals surface area contributed by atoms with Crippen molar-refractivity contribution < 1.29 is 28.3 Å². The number of hydrogen-bond donors (Lipinski definition) is 4. The third-order valence-electron chi connectivity index (χ3n) is 13.0. The van der Waals surface area contributed by atoms with Gasteiger partial charge in [0.1, 0.15) is 28.7 Å². The van der Waals surface area contributed by atoms with Crippen LogP contribution < -0.4 is 26.0 Å². The number of amides is 4. The minimum Gasteiger partial charge on any atom is -0.495 e. The largest absolute Gasteiger partial charge is 0.495 e. The molecule has 14 nitrogen and oxygen atoms in total. The van der Waals surface area contributed by atoms with E-state index in [0.717, 1.165) is 56.6 Å². The fraction of sp³-hybridized carbons (Fsp3) is 0.565. The van der Waals surface area contributed by atoms with E-state index in [2.05, 4.69) is 36.1 Å². The Morgan fingerprint density at radius 2 is 1.67 bits per heavy atom. The summed E-state index contributed by atoms with van der Waals surface area (Å²) in [5, 5.41) is 12.9. The highest BCUT2D eigenvalue weighted by Gasteiger charge is 2.54. The van der Waals surface area contributed by atoms with Crippen molar-refractivity contribution in [2.24, 2.45) is 11.8 Å². The van der Waals surface area contributed by atoms with Gasteiger partial charge in [0.25, 0.3) is 11.8 Å². The lowest BCUT2D eigenvalue weighted by Gasteiger charge is -2.40. The zero-order valence-corrected chi connectivity index (χ0v) is 39.4.